The van der Waals surface area contributed by atoms with Crippen molar-refractivity contribution in [3.8, 4) is 34.1 Å². The van der Waals surface area contributed by atoms with E-state index in [1.54, 1.807) is 0 Å². The van der Waals surface area contributed by atoms with E-state index >= 15 is 8.78 Å². The van der Waals surface area contributed by atoms with Gasteiger partial charge in [-0.15, -0.1) is 0 Å². The standard InChI is InChI=1S/C29H17F7O2/c1-4-15-6-10-17(11-7-15)37-28-14(3)21(30)19(22(31)25(28)34)20-23(32)26(35)29(27(36)24(20)33)38-18-12-8-16(5-2)9-13-18/h4-13H,1-2H2,3H3. The van der Waals surface area contributed by atoms with Crippen molar-refractivity contribution < 1.29 is 40.2 Å². The van der Waals surface area contributed by atoms with Crippen LogP contribution < -0.4 is 9.47 Å². The largest absolute Gasteiger partial charge is 0.454 e. The van der Waals surface area contributed by atoms with Gasteiger partial charge in [0.1, 0.15) is 17.3 Å². The maximum absolute atomic E-state index is 15.2. The van der Waals surface area contributed by atoms with Gasteiger partial charge >= 0.3 is 0 Å². The molecule has 0 aliphatic heterocycles. The minimum Gasteiger partial charge on any atom is -0.454 e. The molecule has 0 bridgehead atoms. The Morgan fingerprint density at radius 1 is 0.500 bits per heavy atom. The predicted molar refractivity (Wildman–Crippen MR) is 130 cm³/mol. The van der Waals surface area contributed by atoms with E-state index in [0.717, 1.165) is 6.92 Å². The van der Waals surface area contributed by atoms with Crippen molar-refractivity contribution in [2.75, 3.05) is 0 Å². The minimum absolute atomic E-state index is 0.0128. The molecule has 0 N–H and O–H groups in total. The molecule has 4 aromatic rings. The summed E-state index contributed by atoms with van der Waals surface area (Å²) in [5.41, 5.74) is -2.83. The van der Waals surface area contributed by atoms with E-state index in [1.165, 1.54) is 60.7 Å². The lowest BCUT2D eigenvalue weighted by molar-refractivity contribution is 0.366. The Bertz CT molecular complexity index is 1380. The lowest BCUT2D eigenvalue weighted by Crippen LogP contribution is -2.09. The highest BCUT2D eigenvalue weighted by atomic mass is 19.2. The van der Waals surface area contributed by atoms with Crippen molar-refractivity contribution in [2.45, 2.75) is 6.92 Å². The highest BCUT2D eigenvalue weighted by Crippen LogP contribution is 2.43. The molecule has 194 valence electrons. The summed E-state index contributed by atoms with van der Waals surface area (Å²) in [5.74, 6) is -16.8. The van der Waals surface area contributed by atoms with E-state index in [-0.39, 0.29) is 11.5 Å². The molecule has 0 aromatic heterocycles. The molecule has 38 heavy (non-hydrogen) atoms. The van der Waals surface area contributed by atoms with Crippen LogP contribution in [0.4, 0.5) is 30.7 Å². The smallest absolute Gasteiger partial charge is 0.205 e. The van der Waals surface area contributed by atoms with E-state index in [0.29, 0.717) is 11.1 Å². The molecular weight excluding hydrogens is 513 g/mol. The summed E-state index contributed by atoms with van der Waals surface area (Å²) in [5, 5.41) is 0. The van der Waals surface area contributed by atoms with Gasteiger partial charge in [0.2, 0.25) is 23.2 Å². The second-order valence-electron chi connectivity index (χ2n) is 7.98. The highest BCUT2D eigenvalue weighted by Gasteiger charge is 2.34. The fourth-order valence-electron chi connectivity index (χ4n) is 3.60. The molecule has 0 heterocycles. The number of benzene rings is 4. The van der Waals surface area contributed by atoms with E-state index < -0.39 is 68.9 Å². The second kappa shape index (κ2) is 10.5. The van der Waals surface area contributed by atoms with Gasteiger partial charge in [0, 0.05) is 5.56 Å². The lowest BCUT2D eigenvalue weighted by Gasteiger charge is -2.17. The summed E-state index contributed by atoms with van der Waals surface area (Å²) in [7, 11) is 0. The Labute approximate surface area is 212 Å². The Balaban J connectivity index is 1.81. The number of hydrogen-bond donors (Lipinski definition) is 0. The highest BCUT2D eigenvalue weighted by molar-refractivity contribution is 5.71. The van der Waals surface area contributed by atoms with Crippen LogP contribution in [-0.4, -0.2) is 0 Å². The van der Waals surface area contributed by atoms with Crippen LogP contribution in [0.3, 0.4) is 0 Å². The number of halogens is 7. The molecule has 4 aromatic carbocycles. The first-order valence-electron chi connectivity index (χ1n) is 10.9. The van der Waals surface area contributed by atoms with Crippen molar-refractivity contribution in [2.24, 2.45) is 0 Å². The third-order valence-electron chi connectivity index (χ3n) is 5.65. The van der Waals surface area contributed by atoms with Crippen molar-refractivity contribution in [1.82, 2.24) is 0 Å². The molecule has 2 nitrogen and oxygen atoms in total. The van der Waals surface area contributed by atoms with Crippen LogP contribution >= 0.6 is 0 Å². The normalized spacial score (nSPS) is 10.8. The zero-order valence-electron chi connectivity index (χ0n) is 19.6. The van der Waals surface area contributed by atoms with Crippen LogP contribution in [0, 0.1) is 47.6 Å². The van der Waals surface area contributed by atoms with Gasteiger partial charge in [-0.1, -0.05) is 49.6 Å². The van der Waals surface area contributed by atoms with Gasteiger partial charge in [-0.2, -0.15) is 13.2 Å². The van der Waals surface area contributed by atoms with Gasteiger partial charge in [0.05, 0.1) is 11.1 Å². The fourth-order valence-corrected chi connectivity index (χ4v) is 3.60. The van der Waals surface area contributed by atoms with Gasteiger partial charge in [-0.3, -0.25) is 0 Å². The topological polar surface area (TPSA) is 18.5 Å². The lowest BCUT2D eigenvalue weighted by atomic mass is 9.98. The van der Waals surface area contributed by atoms with E-state index in [4.69, 9.17) is 9.47 Å². The molecule has 9 heteroatoms. The van der Waals surface area contributed by atoms with Crippen LogP contribution in [-0.2, 0) is 0 Å². The van der Waals surface area contributed by atoms with Crippen LogP contribution in [0.5, 0.6) is 23.0 Å². The molecule has 0 aliphatic rings. The zero-order valence-corrected chi connectivity index (χ0v) is 19.6. The predicted octanol–water partition coefficient (Wildman–Crippen LogP) is 9.51. The Morgan fingerprint density at radius 2 is 0.842 bits per heavy atom. The van der Waals surface area contributed by atoms with E-state index in [1.807, 2.05) is 0 Å². The summed E-state index contributed by atoms with van der Waals surface area (Å²) in [4.78, 5) is 0. The quantitative estimate of drug-likeness (QED) is 0.175. The van der Waals surface area contributed by atoms with E-state index in [9.17, 15) is 22.0 Å². The van der Waals surface area contributed by atoms with Crippen LogP contribution in [0.25, 0.3) is 23.3 Å². The first-order chi connectivity index (χ1) is 18.1. The average Bonchev–Trinajstić information content (AvgIpc) is 2.93. The van der Waals surface area contributed by atoms with Crippen LogP contribution in [0.1, 0.15) is 16.7 Å². The van der Waals surface area contributed by atoms with Crippen molar-refractivity contribution >= 4 is 12.2 Å². The maximum atomic E-state index is 15.2. The number of rotatable bonds is 7. The molecule has 0 atom stereocenters. The Hall–Kier alpha value is -4.53. The summed E-state index contributed by atoms with van der Waals surface area (Å²) in [6.07, 6.45) is 2.98. The van der Waals surface area contributed by atoms with Crippen LogP contribution in [0.2, 0.25) is 0 Å². The molecule has 4 rings (SSSR count). The Kier molecular flexibility index (Phi) is 7.30. The third-order valence-corrected chi connectivity index (χ3v) is 5.65. The summed E-state index contributed by atoms with van der Waals surface area (Å²) in [6, 6.07) is 11.2. The van der Waals surface area contributed by atoms with Crippen molar-refractivity contribution in [3.63, 3.8) is 0 Å². The van der Waals surface area contributed by atoms with Gasteiger partial charge in [0.15, 0.2) is 23.2 Å². The first-order valence-corrected chi connectivity index (χ1v) is 10.9. The minimum atomic E-state index is -2.19. The van der Waals surface area contributed by atoms with Gasteiger partial charge in [-0.05, 0) is 42.3 Å². The van der Waals surface area contributed by atoms with Crippen LogP contribution in [0.15, 0.2) is 61.7 Å². The molecule has 0 unspecified atom stereocenters. The summed E-state index contributed by atoms with van der Waals surface area (Å²) < 4.78 is 115. The van der Waals surface area contributed by atoms with Gasteiger partial charge in [-0.25, -0.2) is 17.6 Å². The molecule has 0 saturated heterocycles. The van der Waals surface area contributed by atoms with E-state index in [2.05, 4.69) is 13.2 Å². The molecule has 0 spiro atoms. The summed E-state index contributed by atoms with van der Waals surface area (Å²) >= 11 is 0. The molecule has 0 fully saturated rings. The zero-order chi connectivity index (χ0) is 27.7. The maximum Gasteiger partial charge on any atom is 0.205 e. The number of hydrogen-bond acceptors (Lipinski definition) is 2. The molecule has 0 radical (unpaired) electrons. The first kappa shape index (κ1) is 26.5. The third kappa shape index (κ3) is 4.63. The fraction of sp³-hybridized carbons (Fsp3) is 0.0345. The molecule has 0 aliphatic carbocycles. The van der Waals surface area contributed by atoms with Gasteiger partial charge < -0.3 is 9.47 Å². The summed E-state index contributed by atoms with van der Waals surface area (Å²) in [6.45, 7) is 8.05. The SMILES string of the molecule is C=Cc1ccc(Oc2c(C)c(F)c(-c3c(F)c(F)c(Oc4ccc(C=C)cc4)c(F)c3F)c(F)c2F)cc1. The monoisotopic (exact) mass is 530 g/mol. The molecule has 0 saturated carbocycles. The molecule has 0 amide bonds. The van der Waals surface area contributed by atoms with Crippen molar-refractivity contribution in [1.29, 1.82) is 0 Å². The number of ether oxygens (including phenoxy) is 2. The average molecular weight is 530 g/mol. The van der Waals surface area contributed by atoms with Crippen molar-refractivity contribution in [3.05, 3.63) is 119 Å². The Morgan fingerprint density at radius 3 is 1.24 bits per heavy atom. The molecular formula is C29H17F7O2. The second-order valence-corrected chi connectivity index (χ2v) is 7.98. The van der Waals surface area contributed by atoms with Gasteiger partial charge in [0.25, 0.3) is 0 Å².